The molecule has 0 N–H and O–H groups in total. The maximum absolute atomic E-state index is 14.1. The fourth-order valence-corrected chi connectivity index (χ4v) is 6.81. The van der Waals surface area contributed by atoms with E-state index in [-0.39, 0.29) is 42.2 Å². The summed E-state index contributed by atoms with van der Waals surface area (Å²) in [6, 6.07) is 28.5. The summed E-state index contributed by atoms with van der Waals surface area (Å²) in [4.78, 5) is 20.2. The summed E-state index contributed by atoms with van der Waals surface area (Å²) in [7, 11) is -4.05. The predicted octanol–water partition coefficient (Wildman–Crippen LogP) is 6.10. The molecule has 222 valence electrons. The highest BCUT2D eigenvalue weighted by atomic mass is 32.2. The van der Waals surface area contributed by atoms with Crippen molar-refractivity contribution in [2.75, 3.05) is 13.1 Å². The minimum Gasteiger partial charge on any atom is -0.345 e. The van der Waals surface area contributed by atoms with Crippen LogP contribution < -0.4 is 0 Å². The average molecular weight is 599 g/mol. The summed E-state index contributed by atoms with van der Waals surface area (Å²) in [5.74, 6) is -0.617. The van der Waals surface area contributed by atoms with Crippen LogP contribution in [-0.2, 0) is 34.5 Å². The zero-order chi connectivity index (χ0) is 30.4. The van der Waals surface area contributed by atoms with Gasteiger partial charge in [0.15, 0.2) is 0 Å². The van der Waals surface area contributed by atoms with E-state index in [9.17, 15) is 17.6 Å². The highest BCUT2D eigenvalue weighted by Crippen LogP contribution is 2.25. The van der Waals surface area contributed by atoms with E-state index in [1.54, 1.807) is 41.4 Å². The van der Waals surface area contributed by atoms with Crippen molar-refractivity contribution in [3.05, 3.63) is 132 Å². The molecular formula is C34H35FN4O3S. The SMILES string of the molecule is CC(C)CN(CC(=O)N(Cc1ccccc1)Cc1cccn1Cc1ccc(F)cc1)S(=O)(=O)c1cccc2cccnc12. The summed E-state index contributed by atoms with van der Waals surface area (Å²) < 4.78 is 44.9. The summed E-state index contributed by atoms with van der Waals surface area (Å²) in [5.41, 5.74) is 3.12. The van der Waals surface area contributed by atoms with Crippen molar-refractivity contribution in [2.45, 2.75) is 38.4 Å². The molecule has 5 rings (SSSR count). The van der Waals surface area contributed by atoms with Gasteiger partial charge in [-0.15, -0.1) is 0 Å². The molecule has 5 aromatic rings. The van der Waals surface area contributed by atoms with E-state index in [1.807, 2.05) is 79.2 Å². The quantitative estimate of drug-likeness (QED) is 0.174. The topological polar surface area (TPSA) is 75.5 Å². The number of nitrogens with zero attached hydrogens (tertiary/aromatic N) is 4. The second kappa shape index (κ2) is 13.3. The molecule has 0 radical (unpaired) electrons. The van der Waals surface area contributed by atoms with E-state index < -0.39 is 10.0 Å². The molecule has 2 aromatic heterocycles. The van der Waals surface area contributed by atoms with Gasteiger partial charge in [0.25, 0.3) is 0 Å². The smallest absolute Gasteiger partial charge is 0.245 e. The van der Waals surface area contributed by atoms with Crippen molar-refractivity contribution in [1.82, 2.24) is 18.8 Å². The number of fused-ring (bicyclic) bond motifs is 1. The van der Waals surface area contributed by atoms with Gasteiger partial charge in [-0.3, -0.25) is 9.78 Å². The Labute approximate surface area is 252 Å². The van der Waals surface area contributed by atoms with Crippen molar-refractivity contribution < 1.29 is 17.6 Å². The number of hydrogen-bond acceptors (Lipinski definition) is 4. The lowest BCUT2D eigenvalue weighted by Gasteiger charge is -2.29. The molecule has 0 spiro atoms. The molecule has 2 heterocycles. The third-order valence-electron chi connectivity index (χ3n) is 7.21. The molecule has 7 nitrogen and oxygen atoms in total. The molecule has 0 unspecified atom stereocenters. The van der Waals surface area contributed by atoms with Crippen LogP contribution in [0.5, 0.6) is 0 Å². The number of benzene rings is 3. The van der Waals surface area contributed by atoms with Gasteiger partial charge in [-0.1, -0.05) is 74.5 Å². The largest absolute Gasteiger partial charge is 0.345 e. The third kappa shape index (κ3) is 7.36. The molecule has 0 aliphatic carbocycles. The molecule has 3 aromatic carbocycles. The molecule has 1 amide bonds. The first kappa shape index (κ1) is 30.1. The Hall–Kier alpha value is -4.34. The van der Waals surface area contributed by atoms with E-state index in [0.29, 0.717) is 24.0 Å². The molecule has 0 fully saturated rings. The van der Waals surface area contributed by atoms with Gasteiger partial charge in [0, 0.05) is 43.1 Å². The van der Waals surface area contributed by atoms with Gasteiger partial charge in [-0.05, 0) is 53.4 Å². The number of para-hydroxylation sites is 1. The third-order valence-corrected chi connectivity index (χ3v) is 9.05. The fourth-order valence-electron chi connectivity index (χ4n) is 5.09. The van der Waals surface area contributed by atoms with Crippen molar-refractivity contribution in [2.24, 2.45) is 5.92 Å². The molecule has 0 saturated carbocycles. The Morgan fingerprint density at radius 1 is 0.860 bits per heavy atom. The first-order valence-electron chi connectivity index (χ1n) is 14.2. The van der Waals surface area contributed by atoms with Crippen LogP contribution in [0, 0.1) is 11.7 Å². The maximum Gasteiger partial charge on any atom is 0.245 e. The number of amides is 1. The Morgan fingerprint density at radius 2 is 1.60 bits per heavy atom. The van der Waals surface area contributed by atoms with Crippen LogP contribution in [-0.4, -0.2) is 46.2 Å². The Morgan fingerprint density at radius 3 is 2.35 bits per heavy atom. The van der Waals surface area contributed by atoms with Gasteiger partial charge in [0.05, 0.1) is 18.6 Å². The average Bonchev–Trinajstić information content (AvgIpc) is 3.43. The van der Waals surface area contributed by atoms with Crippen LogP contribution in [0.2, 0.25) is 0 Å². The molecule has 0 aliphatic rings. The Bertz CT molecular complexity index is 1780. The number of sulfonamides is 1. The molecular weight excluding hydrogens is 563 g/mol. The van der Waals surface area contributed by atoms with E-state index >= 15 is 0 Å². The minimum absolute atomic E-state index is 0.0129. The number of halogens is 1. The zero-order valence-corrected chi connectivity index (χ0v) is 25.1. The van der Waals surface area contributed by atoms with Crippen molar-refractivity contribution in [1.29, 1.82) is 0 Å². The summed E-state index contributed by atoms with van der Waals surface area (Å²) in [6.07, 6.45) is 3.49. The molecule has 0 bridgehead atoms. The fraction of sp³-hybridized carbons (Fsp3) is 0.235. The van der Waals surface area contributed by atoms with E-state index in [2.05, 4.69) is 4.98 Å². The monoisotopic (exact) mass is 598 g/mol. The van der Waals surface area contributed by atoms with Crippen LogP contribution in [0.1, 0.15) is 30.7 Å². The summed E-state index contributed by atoms with van der Waals surface area (Å²) >= 11 is 0. The molecule has 0 saturated heterocycles. The molecule has 43 heavy (non-hydrogen) atoms. The van der Waals surface area contributed by atoms with Crippen LogP contribution in [0.3, 0.4) is 0 Å². The van der Waals surface area contributed by atoms with Crippen molar-refractivity contribution >= 4 is 26.8 Å². The van der Waals surface area contributed by atoms with E-state index in [0.717, 1.165) is 16.8 Å². The number of carbonyl (C=O) groups is 1. The van der Waals surface area contributed by atoms with Crippen molar-refractivity contribution in [3.8, 4) is 0 Å². The standard InChI is InChI=1S/C34H35FN4O3S/c1-26(2)21-39(43(41,42)32-14-6-11-29-12-7-19-36-34(29)32)25-33(40)38(23-27-9-4-3-5-10-27)24-31-13-8-20-37(31)22-28-15-17-30(35)18-16-28/h3-20,26H,21-25H2,1-2H3. The van der Waals surface area contributed by atoms with Gasteiger partial charge in [-0.2, -0.15) is 4.31 Å². The number of rotatable bonds is 12. The van der Waals surface area contributed by atoms with Crippen LogP contribution in [0.25, 0.3) is 10.9 Å². The van der Waals surface area contributed by atoms with Gasteiger partial charge >= 0.3 is 0 Å². The van der Waals surface area contributed by atoms with Crippen LogP contribution in [0.4, 0.5) is 4.39 Å². The Kier molecular flexibility index (Phi) is 9.33. The van der Waals surface area contributed by atoms with Gasteiger partial charge < -0.3 is 9.47 Å². The van der Waals surface area contributed by atoms with Crippen LogP contribution in [0.15, 0.2) is 114 Å². The number of pyridine rings is 1. The Balaban J connectivity index is 1.45. The lowest BCUT2D eigenvalue weighted by atomic mass is 10.2. The highest BCUT2D eigenvalue weighted by Gasteiger charge is 2.31. The minimum atomic E-state index is -4.05. The number of carbonyl (C=O) groups excluding carboxylic acids is 1. The normalized spacial score (nSPS) is 11.8. The summed E-state index contributed by atoms with van der Waals surface area (Å²) in [5, 5.41) is 0.715. The predicted molar refractivity (Wildman–Crippen MR) is 166 cm³/mol. The van der Waals surface area contributed by atoms with E-state index in [1.165, 1.54) is 16.4 Å². The number of hydrogen-bond donors (Lipinski definition) is 0. The molecule has 0 atom stereocenters. The highest BCUT2D eigenvalue weighted by molar-refractivity contribution is 7.89. The van der Waals surface area contributed by atoms with Gasteiger partial charge in [-0.25, -0.2) is 12.8 Å². The first-order chi connectivity index (χ1) is 20.7. The summed E-state index contributed by atoms with van der Waals surface area (Å²) in [6.45, 7) is 4.82. The molecule has 9 heteroatoms. The van der Waals surface area contributed by atoms with E-state index in [4.69, 9.17) is 0 Å². The number of aromatic nitrogens is 2. The van der Waals surface area contributed by atoms with Crippen molar-refractivity contribution in [3.63, 3.8) is 0 Å². The molecule has 0 aliphatic heterocycles. The van der Waals surface area contributed by atoms with Crippen LogP contribution >= 0.6 is 0 Å². The lowest BCUT2D eigenvalue weighted by molar-refractivity contribution is -0.132. The maximum atomic E-state index is 14.1. The first-order valence-corrected chi connectivity index (χ1v) is 15.7. The lowest BCUT2D eigenvalue weighted by Crippen LogP contribution is -2.44. The van der Waals surface area contributed by atoms with Gasteiger partial charge in [0.1, 0.15) is 10.7 Å². The zero-order valence-electron chi connectivity index (χ0n) is 24.3. The van der Waals surface area contributed by atoms with Gasteiger partial charge in [0.2, 0.25) is 15.9 Å². The second-order valence-electron chi connectivity index (χ2n) is 11.0. The second-order valence-corrected chi connectivity index (χ2v) is 12.9.